The predicted octanol–water partition coefficient (Wildman–Crippen LogP) is 4.22. The molecule has 1 saturated heterocycles. The molecule has 2 atom stereocenters. The van der Waals surface area contributed by atoms with Gasteiger partial charge in [0.05, 0.1) is 0 Å². The molecule has 2 aromatic rings. The van der Waals surface area contributed by atoms with Crippen molar-refractivity contribution >= 4 is 17.5 Å². The van der Waals surface area contributed by atoms with Crippen molar-refractivity contribution in [2.45, 2.75) is 38.3 Å². The number of nitrogens with zero attached hydrogens (tertiary/aromatic N) is 1. The van der Waals surface area contributed by atoms with Gasteiger partial charge in [-0.05, 0) is 43.0 Å². The smallest absolute Gasteiger partial charge is 0.220 e. The molecule has 1 aliphatic heterocycles. The van der Waals surface area contributed by atoms with E-state index < -0.39 is 0 Å². The van der Waals surface area contributed by atoms with Gasteiger partial charge in [-0.15, -0.1) is 0 Å². The molecule has 0 radical (unpaired) electrons. The molecule has 132 valence electrons. The number of carbonyl (C=O) groups excluding carboxylic acids is 1. The van der Waals surface area contributed by atoms with E-state index in [1.54, 1.807) is 0 Å². The molecule has 1 amide bonds. The second-order valence-corrected chi connectivity index (χ2v) is 7.20. The lowest BCUT2D eigenvalue weighted by Crippen LogP contribution is -2.37. The van der Waals surface area contributed by atoms with E-state index in [1.165, 1.54) is 5.56 Å². The Morgan fingerprint density at radius 3 is 2.80 bits per heavy atom. The number of hydrogen-bond acceptors (Lipinski definition) is 2. The standard InChI is InChI=1S/C21H25ClN2O/c1-16(18-7-3-2-4-8-18)24-13-12-20(15-24)23-21(25)11-10-17-6-5-9-19(22)14-17/h2-9,14,16,20H,10-13,15H2,1H3,(H,23,25). The number of carbonyl (C=O) groups is 1. The van der Waals surface area contributed by atoms with Crippen LogP contribution in [0, 0.1) is 0 Å². The second-order valence-electron chi connectivity index (χ2n) is 6.76. The van der Waals surface area contributed by atoms with Gasteiger partial charge in [0, 0.05) is 36.6 Å². The van der Waals surface area contributed by atoms with Gasteiger partial charge < -0.3 is 5.32 Å². The van der Waals surface area contributed by atoms with Crippen LogP contribution in [0.25, 0.3) is 0 Å². The van der Waals surface area contributed by atoms with Crippen LogP contribution in [0.2, 0.25) is 5.02 Å². The molecule has 4 heteroatoms. The number of amides is 1. The Morgan fingerprint density at radius 1 is 1.24 bits per heavy atom. The molecule has 0 saturated carbocycles. The summed E-state index contributed by atoms with van der Waals surface area (Å²) in [5, 5.41) is 3.91. The average molecular weight is 357 g/mol. The van der Waals surface area contributed by atoms with E-state index >= 15 is 0 Å². The molecule has 2 unspecified atom stereocenters. The monoisotopic (exact) mass is 356 g/mol. The number of halogens is 1. The van der Waals surface area contributed by atoms with Crippen molar-refractivity contribution in [3.63, 3.8) is 0 Å². The molecule has 1 fully saturated rings. The Bertz CT molecular complexity index is 704. The minimum atomic E-state index is 0.124. The third kappa shape index (κ3) is 5.07. The van der Waals surface area contributed by atoms with Crippen molar-refractivity contribution in [1.82, 2.24) is 10.2 Å². The molecular formula is C21H25ClN2O. The maximum absolute atomic E-state index is 12.2. The molecule has 2 aromatic carbocycles. The Balaban J connectivity index is 1.45. The molecule has 1 N–H and O–H groups in total. The number of nitrogens with one attached hydrogen (secondary N) is 1. The third-order valence-electron chi connectivity index (χ3n) is 4.94. The van der Waals surface area contributed by atoms with Crippen molar-refractivity contribution in [3.8, 4) is 0 Å². The highest BCUT2D eigenvalue weighted by molar-refractivity contribution is 6.30. The van der Waals surface area contributed by atoms with Crippen molar-refractivity contribution in [3.05, 3.63) is 70.7 Å². The quantitative estimate of drug-likeness (QED) is 0.840. The highest BCUT2D eigenvalue weighted by Crippen LogP contribution is 2.24. The first-order valence-corrected chi connectivity index (χ1v) is 9.32. The first-order chi connectivity index (χ1) is 12.1. The highest BCUT2D eigenvalue weighted by Gasteiger charge is 2.27. The van der Waals surface area contributed by atoms with Gasteiger partial charge >= 0.3 is 0 Å². The number of likely N-dealkylation sites (tertiary alicyclic amines) is 1. The maximum atomic E-state index is 12.2. The van der Waals surface area contributed by atoms with Gasteiger partial charge in [0.25, 0.3) is 0 Å². The molecule has 25 heavy (non-hydrogen) atoms. The summed E-state index contributed by atoms with van der Waals surface area (Å²) >= 11 is 5.99. The summed E-state index contributed by atoms with van der Waals surface area (Å²) in [5.74, 6) is 0.124. The Kier molecular flexibility index (Phi) is 6.11. The van der Waals surface area contributed by atoms with E-state index in [0.29, 0.717) is 12.5 Å². The fraction of sp³-hybridized carbons (Fsp3) is 0.381. The van der Waals surface area contributed by atoms with Crippen LogP contribution < -0.4 is 5.32 Å². The van der Waals surface area contributed by atoms with Gasteiger partial charge in [-0.2, -0.15) is 0 Å². The van der Waals surface area contributed by atoms with E-state index in [2.05, 4.69) is 41.4 Å². The fourth-order valence-electron chi connectivity index (χ4n) is 3.45. The van der Waals surface area contributed by atoms with E-state index in [-0.39, 0.29) is 11.9 Å². The van der Waals surface area contributed by atoms with Crippen molar-refractivity contribution in [1.29, 1.82) is 0 Å². The summed E-state index contributed by atoms with van der Waals surface area (Å²) < 4.78 is 0. The van der Waals surface area contributed by atoms with Gasteiger partial charge in [0.2, 0.25) is 5.91 Å². The fourth-order valence-corrected chi connectivity index (χ4v) is 3.66. The topological polar surface area (TPSA) is 32.3 Å². The molecule has 0 bridgehead atoms. The summed E-state index contributed by atoms with van der Waals surface area (Å²) in [5.41, 5.74) is 2.43. The van der Waals surface area contributed by atoms with E-state index in [9.17, 15) is 4.79 Å². The molecule has 3 nitrogen and oxygen atoms in total. The van der Waals surface area contributed by atoms with Crippen LogP contribution in [-0.2, 0) is 11.2 Å². The number of rotatable bonds is 6. The van der Waals surface area contributed by atoms with Crippen molar-refractivity contribution in [2.24, 2.45) is 0 Å². The van der Waals surface area contributed by atoms with Crippen LogP contribution in [0.1, 0.15) is 36.9 Å². The molecule has 0 aromatic heterocycles. The van der Waals surface area contributed by atoms with Crippen LogP contribution in [0.3, 0.4) is 0 Å². The predicted molar refractivity (Wildman–Crippen MR) is 103 cm³/mol. The highest BCUT2D eigenvalue weighted by atomic mass is 35.5. The van der Waals surface area contributed by atoms with E-state index in [0.717, 1.165) is 36.5 Å². The molecule has 0 aliphatic carbocycles. The zero-order valence-corrected chi connectivity index (χ0v) is 15.4. The van der Waals surface area contributed by atoms with Crippen LogP contribution in [0.15, 0.2) is 54.6 Å². The van der Waals surface area contributed by atoms with E-state index in [1.807, 2.05) is 30.3 Å². The van der Waals surface area contributed by atoms with Gasteiger partial charge in [0.1, 0.15) is 0 Å². The lowest BCUT2D eigenvalue weighted by Gasteiger charge is -2.24. The minimum absolute atomic E-state index is 0.124. The molecule has 3 rings (SSSR count). The first-order valence-electron chi connectivity index (χ1n) is 8.94. The largest absolute Gasteiger partial charge is 0.352 e. The molecule has 1 heterocycles. The SMILES string of the molecule is CC(c1ccccc1)N1CCC(NC(=O)CCc2cccc(Cl)c2)C1. The van der Waals surface area contributed by atoms with Crippen LogP contribution in [0.5, 0.6) is 0 Å². The number of hydrogen-bond donors (Lipinski definition) is 1. The van der Waals surface area contributed by atoms with Gasteiger partial charge in [-0.25, -0.2) is 0 Å². The molecule has 0 spiro atoms. The van der Waals surface area contributed by atoms with E-state index in [4.69, 9.17) is 11.6 Å². The lowest BCUT2D eigenvalue weighted by molar-refractivity contribution is -0.121. The Hall–Kier alpha value is -1.84. The Labute approximate surface area is 155 Å². The maximum Gasteiger partial charge on any atom is 0.220 e. The molecule has 1 aliphatic rings. The summed E-state index contributed by atoms with van der Waals surface area (Å²) in [6, 6.07) is 18.9. The summed E-state index contributed by atoms with van der Waals surface area (Å²) in [6.45, 7) is 4.17. The van der Waals surface area contributed by atoms with Gasteiger partial charge in [-0.1, -0.05) is 54.1 Å². The zero-order chi connectivity index (χ0) is 17.6. The van der Waals surface area contributed by atoms with Gasteiger partial charge in [-0.3, -0.25) is 9.69 Å². The summed E-state index contributed by atoms with van der Waals surface area (Å²) in [6.07, 6.45) is 2.24. The number of benzene rings is 2. The summed E-state index contributed by atoms with van der Waals surface area (Å²) in [4.78, 5) is 14.7. The summed E-state index contributed by atoms with van der Waals surface area (Å²) in [7, 11) is 0. The first kappa shape index (κ1) is 18.0. The van der Waals surface area contributed by atoms with Crippen molar-refractivity contribution in [2.75, 3.05) is 13.1 Å². The average Bonchev–Trinajstić information content (AvgIpc) is 3.08. The van der Waals surface area contributed by atoms with Crippen LogP contribution >= 0.6 is 11.6 Å². The minimum Gasteiger partial charge on any atom is -0.352 e. The molecular weight excluding hydrogens is 332 g/mol. The van der Waals surface area contributed by atoms with Crippen molar-refractivity contribution < 1.29 is 4.79 Å². The van der Waals surface area contributed by atoms with Crippen LogP contribution in [0.4, 0.5) is 0 Å². The Morgan fingerprint density at radius 2 is 2.04 bits per heavy atom. The van der Waals surface area contributed by atoms with Gasteiger partial charge in [0.15, 0.2) is 0 Å². The van der Waals surface area contributed by atoms with Crippen LogP contribution in [-0.4, -0.2) is 29.9 Å². The lowest BCUT2D eigenvalue weighted by atomic mass is 10.1. The normalized spacial score (nSPS) is 18.9. The second kappa shape index (κ2) is 8.50. The third-order valence-corrected chi connectivity index (χ3v) is 5.18. The number of aryl methyl sites for hydroxylation is 1. The zero-order valence-electron chi connectivity index (χ0n) is 14.6.